The van der Waals surface area contributed by atoms with Gasteiger partial charge >= 0.3 is 0 Å². The van der Waals surface area contributed by atoms with Crippen LogP contribution >= 0.6 is 27.3 Å². The van der Waals surface area contributed by atoms with Crippen molar-refractivity contribution in [2.75, 3.05) is 6.54 Å². The Morgan fingerprint density at radius 2 is 2.05 bits per heavy atom. The molecule has 1 aromatic rings. The Bertz CT molecular complexity index is 533. The van der Waals surface area contributed by atoms with Crippen LogP contribution in [0.3, 0.4) is 0 Å². The maximum absolute atomic E-state index is 12.9. The number of halogens is 1. The Morgan fingerprint density at radius 3 is 2.55 bits per heavy atom. The van der Waals surface area contributed by atoms with Crippen LogP contribution in [0.2, 0.25) is 0 Å². The molecule has 1 fully saturated rings. The van der Waals surface area contributed by atoms with Gasteiger partial charge in [-0.05, 0) is 52.6 Å². The van der Waals surface area contributed by atoms with Crippen LogP contribution in [0.25, 0.3) is 0 Å². The molecule has 1 saturated carbocycles. The Hall–Kier alpha value is 0.0900. The SMILES string of the molecule is CC(C)CCN(C1CCCC1)S(=O)(=O)c1sccc1Br. The van der Waals surface area contributed by atoms with E-state index in [-0.39, 0.29) is 6.04 Å². The third kappa shape index (κ3) is 3.64. The average molecular weight is 380 g/mol. The van der Waals surface area contributed by atoms with Crippen molar-refractivity contribution >= 4 is 37.3 Å². The van der Waals surface area contributed by atoms with Crippen LogP contribution in [0.5, 0.6) is 0 Å². The second kappa shape index (κ2) is 6.90. The van der Waals surface area contributed by atoms with E-state index in [9.17, 15) is 8.42 Å². The summed E-state index contributed by atoms with van der Waals surface area (Å²) in [5, 5.41) is 1.83. The molecule has 3 nitrogen and oxygen atoms in total. The first-order chi connectivity index (χ1) is 9.43. The van der Waals surface area contributed by atoms with Gasteiger partial charge in [0.15, 0.2) is 0 Å². The number of rotatable bonds is 6. The van der Waals surface area contributed by atoms with Gasteiger partial charge in [0, 0.05) is 17.1 Å². The van der Waals surface area contributed by atoms with Gasteiger partial charge in [-0.25, -0.2) is 8.42 Å². The Kier molecular flexibility index (Phi) is 5.68. The Balaban J connectivity index is 2.27. The number of hydrogen-bond acceptors (Lipinski definition) is 3. The van der Waals surface area contributed by atoms with Crippen molar-refractivity contribution < 1.29 is 8.42 Å². The van der Waals surface area contributed by atoms with Gasteiger partial charge in [0.2, 0.25) is 0 Å². The summed E-state index contributed by atoms with van der Waals surface area (Å²) in [6, 6.07) is 2.00. The van der Waals surface area contributed by atoms with Crippen LogP contribution in [0.1, 0.15) is 46.0 Å². The molecule has 1 aliphatic carbocycles. The molecule has 0 unspecified atom stereocenters. The number of thiophene rings is 1. The summed E-state index contributed by atoms with van der Waals surface area (Å²) in [4.78, 5) is 0. The summed E-state index contributed by atoms with van der Waals surface area (Å²) < 4.78 is 28.7. The molecule has 20 heavy (non-hydrogen) atoms. The third-order valence-electron chi connectivity index (χ3n) is 3.79. The van der Waals surface area contributed by atoms with E-state index in [1.165, 1.54) is 11.3 Å². The van der Waals surface area contributed by atoms with Crippen LogP contribution in [0.4, 0.5) is 0 Å². The van der Waals surface area contributed by atoms with E-state index in [4.69, 9.17) is 0 Å². The fourth-order valence-electron chi connectivity index (χ4n) is 2.65. The van der Waals surface area contributed by atoms with Gasteiger partial charge in [-0.3, -0.25) is 0 Å². The average Bonchev–Trinajstić information content (AvgIpc) is 2.99. The Labute approximate surface area is 134 Å². The topological polar surface area (TPSA) is 37.4 Å². The summed E-state index contributed by atoms with van der Waals surface area (Å²) in [5.41, 5.74) is 0. The van der Waals surface area contributed by atoms with E-state index in [0.29, 0.717) is 21.1 Å². The molecule has 0 bridgehead atoms. The van der Waals surface area contributed by atoms with Crippen molar-refractivity contribution in [2.24, 2.45) is 5.92 Å². The molecular formula is C14H22BrNO2S2. The van der Waals surface area contributed by atoms with Crippen LogP contribution in [0.15, 0.2) is 20.1 Å². The van der Waals surface area contributed by atoms with E-state index in [1.807, 2.05) is 11.4 Å². The molecule has 1 aromatic heterocycles. The monoisotopic (exact) mass is 379 g/mol. The molecule has 0 saturated heterocycles. The molecule has 1 aliphatic rings. The molecule has 0 amide bonds. The largest absolute Gasteiger partial charge is 0.253 e. The van der Waals surface area contributed by atoms with Gasteiger partial charge < -0.3 is 0 Å². The maximum atomic E-state index is 12.9. The summed E-state index contributed by atoms with van der Waals surface area (Å²) in [6.07, 6.45) is 5.20. The quantitative estimate of drug-likeness (QED) is 0.729. The van der Waals surface area contributed by atoms with Gasteiger partial charge in [0.25, 0.3) is 10.0 Å². The van der Waals surface area contributed by atoms with Gasteiger partial charge in [-0.1, -0.05) is 26.7 Å². The van der Waals surface area contributed by atoms with E-state index >= 15 is 0 Å². The zero-order valence-corrected chi connectivity index (χ0v) is 15.2. The molecule has 2 rings (SSSR count). The number of sulfonamides is 1. The molecule has 0 N–H and O–H groups in total. The smallest absolute Gasteiger partial charge is 0.206 e. The lowest BCUT2D eigenvalue weighted by molar-refractivity contribution is 0.305. The predicted molar refractivity (Wildman–Crippen MR) is 87.6 cm³/mol. The maximum Gasteiger partial charge on any atom is 0.253 e. The lowest BCUT2D eigenvalue weighted by atomic mass is 10.1. The standard InChI is InChI=1S/C14H22BrNO2S2/c1-11(2)7-9-16(12-5-3-4-6-12)20(17,18)14-13(15)8-10-19-14/h8,10-12H,3-7,9H2,1-2H3. The predicted octanol–water partition coefficient (Wildman–Crippen LogP) is 4.49. The fraction of sp³-hybridized carbons (Fsp3) is 0.714. The fourth-order valence-corrected chi connectivity index (χ4v) is 6.77. The third-order valence-corrected chi connectivity index (χ3v) is 8.39. The number of nitrogens with zero attached hydrogens (tertiary/aromatic N) is 1. The van der Waals surface area contributed by atoms with Crippen molar-refractivity contribution in [3.63, 3.8) is 0 Å². The van der Waals surface area contributed by atoms with E-state index in [0.717, 1.165) is 32.1 Å². The molecule has 0 spiro atoms. The highest BCUT2D eigenvalue weighted by molar-refractivity contribution is 9.10. The highest BCUT2D eigenvalue weighted by atomic mass is 79.9. The van der Waals surface area contributed by atoms with Crippen molar-refractivity contribution in [2.45, 2.75) is 56.2 Å². The van der Waals surface area contributed by atoms with E-state index in [1.54, 1.807) is 4.31 Å². The first kappa shape index (κ1) is 16.5. The lowest BCUT2D eigenvalue weighted by Crippen LogP contribution is -2.39. The van der Waals surface area contributed by atoms with Crippen LogP contribution in [0, 0.1) is 5.92 Å². The molecule has 0 aromatic carbocycles. The minimum atomic E-state index is -3.36. The minimum absolute atomic E-state index is 0.188. The van der Waals surface area contributed by atoms with E-state index < -0.39 is 10.0 Å². The first-order valence-corrected chi connectivity index (χ1v) is 10.3. The van der Waals surface area contributed by atoms with Crippen LogP contribution < -0.4 is 0 Å². The summed E-state index contributed by atoms with van der Waals surface area (Å²) in [7, 11) is -3.36. The normalized spacial score (nSPS) is 17.4. The Morgan fingerprint density at radius 1 is 1.40 bits per heavy atom. The van der Waals surface area contributed by atoms with Crippen molar-refractivity contribution in [3.8, 4) is 0 Å². The number of hydrogen-bond donors (Lipinski definition) is 0. The van der Waals surface area contributed by atoms with Gasteiger partial charge in [0.05, 0.1) is 0 Å². The van der Waals surface area contributed by atoms with Crippen molar-refractivity contribution in [1.29, 1.82) is 0 Å². The second-order valence-corrected chi connectivity index (χ2v) is 9.65. The van der Waals surface area contributed by atoms with Gasteiger partial charge in [-0.2, -0.15) is 4.31 Å². The van der Waals surface area contributed by atoms with Crippen LogP contribution in [-0.2, 0) is 10.0 Å². The summed E-state index contributed by atoms with van der Waals surface area (Å²) in [5.74, 6) is 0.515. The highest BCUT2D eigenvalue weighted by Gasteiger charge is 2.34. The molecule has 1 heterocycles. The molecule has 0 atom stereocenters. The van der Waals surface area contributed by atoms with E-state index in [2.05, 4.69) is 29.8 Å². The molecule has 114 valence electrons. The van der Waals surface area contributed by atoms with Crippen LogP contribution in [-0.4, -0.2) is 25.3 Å². The minimum Gasteiger partial charge on any atom is -0.206 e. The molecule has 0 aliphatic heterocycles. The highest BCUT2D eigenvalue weighted by Crippen LogP contribution is 2.34. The van der Waals surface area contributed by atoms with Crippen molar-refractivity contribution in [3.05, 3.63) is 15.9 Å². The van der Waals surface area contributed by atoms with Gasteiger partial charge in [-0.15, -0.1) is 11.3 Å². The molecule has 6 heteroatoms. The van der Waals surface area contributed by atoms with Gasteiger partial charge in [0.1, 0.15) is 4.21 Å². The first-order valence-electron chi connectivity index (χ1n) is 7.17. The summed E-state index contributed by atoms with van der Waals surface area (Å²) >= 11 is 4.66. The van der Waals surface area contributed by atoms with Crippen molar-refractivity contribution in [1.82, 2.24) is 4.31 Å². The zero-order chi connectivity index (χ0) is 14.8. The molecular weight excluding hydrogens is 358 g/mol. The molecule has 0 radical (unpaired) electrons. The second-order valence-electron chi connectivity index (χ2n) is 5.79. The summed E-state index contributed by atoms with van der Waals surface area (Å²) in [6.45, 7) is 4.91. The zero-order valence-electron chi connectivity index (χ0n) is 12.0. The lowest BCUT2D eigenvalue weighted by Gasteiger charge is -2.28.